The Kier molecular flexibility index (Phi) is 6.12. The van der Waals surface area contributed by atoms with Gasteiger partial charge in [-0.15, -0.1) is 0 Å². The first-order valence-electron chi connectivity index (χ1n) is 9.38. The molecule has 0 aromatic heterocycles. The van der Waals surface area contributed by atoms with Crippen LogP contribution in [-0.4, -0.2) is 31.7 Å². The van der Waals surface area contributed by atoms with Crippen molar-refractivity contribution in [2.75, 3.05) is 13.1 Å². The standard InChI is InChI=1S/C21H25ClN2O3S/c1-14-6-8-18(15(2)12-14)16(3)23-21(25)17-7-9-19(22)20(13-17)28(26,27)24-10-4-5-11-24/h6-9,12-13,16H,4-5,10-11H2,1-3H3,(H,23,25)/t16-/m1/s1. The van der Waals surface area contributed by atoms with Crippen molar-refractivity contribution in [3.8, 4) is 0 Å². The highest BCUT2D eigenvalue weighted by Gasteiger charge is 2.30. The normalized spacial score (nSPS) is 16.1. The van der Waals surface area contributed by atoms with Crippen LogP contribution >= 0.6 is 11.6 Å². The quantitative estimate of drug-likeness (QED) is 0.786. The van der Waals surface area contributed by atoms with Gasteiger partial charge >= 0.3 is 0 Å². The van der Waals surface area contributed by atoms with Crippen LogP contribution in [0.5, 0.6) is 0 Å². The number of amides is 1. The number of nitrogens with zero attached hydrogens (tertiary/aromatic N) is 1. The summed E-state index contributed by atoms with van der Waals surface area (Å²) < 4.78 is 27.1. The van der Waals surface area contributed by atoms with E-state index in [1.807, 2.05) is 32.9 Å². The molecule has 1 N–H and O–H groups in total. The van der Waals surface area contributed by atoms with Gasteiger partial charge in [0.25, 0.3) is 5.91 Å². The fraction of sp³-hybridized carbons (Fsp3) is 0.381. The minimum Gasteiger partial charge on any atom is -0.346 e. The van der Waals surface area contributed by atoms with E-state index in [1.165, 1.54) is 16.4 Å². The van der Waals surface area contributed by atoms with E-state index in [2.05, 4.69) is 11.4 Å². The van der Waals surface area contributed by atoms with Crippen LogP contribution in [0, 0.1) is 13.8 Å². The van der Waals surface area contributed by atoms with E-state index in [1.54, 1.807) is 6.07 Å². The summed E-state index contributed by atoms with van der Waals surface area (Å²) in [6.45, 7) is 6.91. The molecule has 1 amide bonds. The third kappa shape index (κ3) is 4.24. The largest absolute Gasteiger partial charge is 0.346 e. The number of nitrogens with one attached hydrogen (secondary N) is 1. The number of rotatable bonds is 5. The molecule has 0 saturated carbocycles. The van der Waals surface area contributed by atoms with Gasteiger partial charge in [-0.3, -0.25) is 4.79 Å². The lowest BCUT2D eigenvalue weighted by Crippen LogP contribution is -2.29. The van der Waals surface area contributed by atoms with Gasteiger partial charge in [0.2, 0.25) is 10.0 Å². The van der Waals surface area contributed by atoms with Gasteiger partial charge in [-0.1, -0.05) is 35.4 Å². The molecule has 5 nitrogen and oxygen atoms in total. The topological polar surface area (TPSA) is 66.5 Å². The van der Waals surface area contributed by atoms with E-state index < -0.39 is 10.0 Å². The lowest BCUT2D eigenvalue weighted by Gasteiger charge is -2.19. The number of carbonyl (C=O) groups excluding carboxylic acids is 1. The number of sulfonamides is 1. The van der Waals surface area contributed by atoms with E-state index in [0.717, 1.165) is 29.5 Å². The van der Waals surface area contributed by atoms with Crippen molar-refractivity contribution in [3.63, 3.8) is 0 Å². The lowest BCUT2D eigenvalue weighted by atomic mass is 10.00. The predicted octanol–water partition coefficient (Wildman–Crippen LogP) is 4.23. The molecular weight excluding hydrogens is 396 g/mol. The summed E-state index contributed by atoms with van der Waals surface area (Å²) in [6.07, 6.45) is 1.68. The number of halogens is 1. The molecule has 2 aromatic rings. The van der Waals surface area contributed by atoms with Gasteiger partial charge in [-0.2, -0.15) is 4.31 Å². The Hall–Kier alpha value is -1.89. The fourth-order valence-electron chi connectivity index (χ4n) is 3.58. The zero-order valence-electron chi connectivity index (χ0n) is 16.3. The molecule has 1 heterocycles. The molecule has 1 saturated heterocycles. The first kappa shape index (κ1) is 20.8. The highest BCUT2D eigenvalue weighted by atomic mass is 35.5. The average molecular weight is 421 g/mol. The van der Waals surface area contributed by atoms with Crippen molar-refractivity contribution in [2.45, 2.75) is 44.6 Å². The van der Waals surface area contributed by atoms with Crippen molar-refractivity contribution in [2.24, 2.45) is 0 Å². The van der Waals surface area contributed by atoms with Gasteiger partial charge in [-0.05, 0) is 62.9 Å². The molecule has 3 rings (SSSR count). The second kappa shape index (κ2) is 8.23. The molecule has 28 heavy (non-hydrogen) atoms. The van der Waals surface area contributed by atoms with E-state index in [4.69, 9.17) is 11.6 Å². The van der Waals surface area contributed by atoms with Gasteiger partial charge in [0, 0.05) is 18.7 Å². The number of hydrogen-bond acceptors (Lipinski definition) is 3. The average Bonchev–Trinajstić information content (AvgIpc) is 3.17. The molecule has 1 atom stereocenters. The van der Waals surface area contributed by atoms with Crippen LogP contribution in [-0.2, 0) is 10.0 Å². The summed E-state index contributed by atoms with van der Waals surface area (Å²) in [7, 11) is -3.70. The Labute approximate surface area is 171 Å². The molecule has 1 aliphatic rings. The molecule has 0 radical (unpaired) electrons. The van der Waals surface area contributed by atoms with Crippen LogP contribution in [0.25, 0.3) is 0 Å². The van der Waals surface area contributed by atoms with Gasteiger partial charge in [0.15, 0.2) is 0 Å². The monoisotopic (exact) mass is 420 g/mol. The van der Waals surface area contributed by atoms with Crippen LogP contribution in [0.3, 0.4) is 0 Å². The third-order valence-electron chi connectivity index (χ3n) is 5.12. The summed E-state index contributed by atoms with van der Waals surface area (Å²) in [5.41, 5.74) is 3.56. The van der Waals surface area contributed by atoms with E-state index >= 15 is 0 Å². The molecule has 1 fully saturated rings. The second-order valence-electron chi connectivity index (χ2n) is 7.31. The minimum absolute atomic E-state index is 0.0112. The Morgan fingerprint density at radius 2 is 1.79 bits per heavy atom. The fourth-order valence-corrected chi connectivity index (χ4v) is 5.60. The summed E-state index contributed by atoms with van der Waals surface area (Å²) in [5.74, 6) is -0.331. The molecular formula is C21H25ClN2O3S. The molecule has 1 aliphatic heterocycles. The first-order valence-corrected chi connectivity index (χ1v) is 11.2. The molecule has 0 unspecified atom stereocenters. The van der Waals surface area contributed by atoms with Crippen LogP contribution in [0.2, 0.25) is 5.02 Å². The Morgan fingerprint density at radius 3 is 2.43 bits per heavy atom. The summed E-state index contributed by atoms with van der Waals surface area (Å²) in [4.78, 5) is 12.7. The number of hydrogen-bond donors (Lipinski definition) is 1. The van der Waals surface area contributed by atoms with Crippen molar-refractivity contribution < 1.29 is 13.2 Å². The lowest BCUT2D eigenvalue weighted by molar-refractivity contribution is 0.0939. The Bertz CT molecular complexity index is 999. The first-order chi connectivity index (χ1) is 13.2. The SMILES string of the molecule is Cc1ccc([C@@H](C)NC(=O)c2ccc(Cl)c(S(=O)(=O)N3CCCC3)c2)c(C)c1. The molecule has 150 valence electrons. The highest BCUT2D eigenvalue weighted by molar-refractivity contribution is 7.89. The van der Waals surface area contributed by atoms with Crippen LogP contribution in [0.15, 0.2) is 41.3 Å². The highest BCUT2D eigenvalue weighted by Crippen LogP contribution is 2.28. The smallest absolute Gasteiger partial charge is 0.251 e. The van der Waals surface area contributed by atoms with Crippen molar-refractivity contribution >= 4 is 27.5 Å². The van der Waals surface area contributed by atoms with Crippen molar-refractivity contribution in [1.82, 2.24) is 9.62 Å². The maximum absolute atomic E-state index is 12.9. The molecule has 0 bridgehead atoms. The van der Waals surface area contributed by atoms with Crippen LogP contribution in [0.1, 0.15) is 52.9 Å². The second-order valence-corrected chi connectivity index (χ2v) is 9.63. The number of carbonyl (C=O) groups is 1. The summed E-state index contributed by atoms with van der Waals surface area (Å²) >= 11 is 6.16. The van der Waals surface area contributed by atoms with Gasteiger partial charge in [-0.25, -0.2) is 8.42 Å². The van der Waals surface area contributed by atoms with E-state index in [9.17, 15) is 13.2 Å². The van der Waals surface area contributed by atoms with Gasteiger partial charge in [0.1, 0.15) is 4.90 Å². The van der Waals surface area contributed by atoms with E-state index in [0.29, 0.717) is 13.1 Å². The van der Waals surface area contributed by atoms with Crippen molar-refractivity contribution in [3.05, 3.63) is 63.7 Å². The number of benzene rings is 2. The Morgan fingerprint density at radius 1 is 1.11 bits per heavy atom. The molecule has 2 aromatic carbocycles. The van der Waals surface area contributed by atoms with Gasteiger partial charge in [0.05, 0.1) is 11.1 Å². The van der Waals surface area contributed by atoms with E-state index in [-0.39, 0.29) is 27.4 Å². The van der Waals surface area contributed by atoms with Crippen molar-refractivity contribution in [1.29, 1.82) is 0 Å². The predicted molar refractivity (Wildman–Crippen MR) is 111 cm³/mol. The van der Waals surface area contributed by atoms with Crippen LogP contribution < -0.4 is 5.32 Å². The third-order valence-corrected chi connectivity index (χ3v) is 7.50. The minimum atomic E-state index is -3.70. The van der Waals surface area contributed by atoms with Gasteiger partial charge < -0.3 is 5.32 Å². The molecule has 7 heteroatoms. The maximum atomic E-state index is 12.9. The summed E-state index contributed by atoms with van der Waals surface area (Å²) in [5, 5.41) is 3.08. The Balaban J connectivity index is 1.84. The number of aryl methyl sites for hydroxylation is 2. The summed E-state index contributed by atoms with van der Waals surface area (Å²) in [6, 6.07) is 10.3. The van der Waals surface area contributed by atoms with Crippen LogP contribution in [0.4, 0.5) is 0 Å². The molecule has 0 spiro atoms. The zero-order chi connectivity index (χ0) is 20.5. The zero-order valence-corrected chi connectivity index (χ0v) is 17.9. The molecule has 0 aliphatic carbocycles. The maximum Gasteiger partial charge on any atom is 0.251 e.